The maximum absolute atomic E-state index is 5.77. The van der Waals surface area contributed by atoms with Crippen LogP contribution in [0, 0.1) is 0 Å². The van der Waals surface area contributed by atoms with E-state index in [1.54, 1.807) is 0 Å². The van der Waals surface area contributed by atoms with Crippen LogP contribution in [0.1, 0.15) is 18.4 Å². The Morgan fingerprint density at radius 1 is 0.913 bits per heavy atom. The fourth-order valence-corrected chi connectivity index (χ4v) is 3.29. The number of nitrogen functional groups attached to an aromatic ring is 2. The summed E-state index contributed by atoms with van der Waals surface area (Å²) in [4.78, 5) is 4.92. The standard InChI is InChI=1S/C19H26N4/c1-22(14-15-2-4-16(20)5-3-15)18-10-12-23(13-11-18)19-8-6-17(21)7-9-19/h2-9,18H,10-14,20-21H2,1H3. The molecule has 0 atom stereocenters. The van der Waals surface area contributed by atoms with E-state index >= 15 is 0 Å². The number of piperidine rings is 1. The Balaban J connectivity index is 1.53. The van der Waals surface area contributed by atoms with Crippen LogP contribution in [0.3, 0.4) is 0 Å². The average molecular weight is 310 g/mol. The topological polar surface area (TPSA) is 58.5 Å². The predicted molar refractivity (Wildman–Crippen MR) is 98.4 cm³/mol. The summed E-state index contributed by atoms with van der Waals surface area (Å²) in [5.74, 6) is 0. The number of hydrogen-bond acceptors (Lipinski definition) is 4. The molecule has 1 fully saturated rings. The molecule has 0 saturated carbocycles. The van der Waals surface area contributed by atoms with Gasteiger partial charge in [0.05, 0.1) is 0 Å². The first-order valence-corrected chi connectivity index (χ1v) is 8.27. The summed E-state index contributed by atoms with van der Waals surface area (Å²) in [5.41, 5.74) is 15.8. The quantitative estimate of drug-likeness (QED) is 0.853. The Morgan fingerprint density at radius 3 is 2.00 bits per heavy atom. The van der Waals surface area contributed by atoms with Crippen molar-refractivity contribution in [2.45, 2.75) is 25.4 Å². The van der Waals surface area contributed by atoms with E-state index in [1.807, 2.05) is 24.3 Å². The summed E-state index contributed by atoms with van der Waals surface area (Å²) < 4.78 is 0. The molecule has 2 aromatic rings. The monoisotopic (exact) mass is 310 g/mol. The van der Waals surface area contributed by atoms with Gasteiger partial charge in [-0.3, -0.25) is 4.90 Å². The second-order valence-electron chi connectivity index (χ2n) is 6.47. The normalized spacial score (nSPS) is 16.0. The van der Waals surface area contributed by atoms with E-state index in [0.29, 0.717) is 6.04 Å². The number of nitrogens with two attached hydrogens (primary N) is 2. The van der Waals surface area contributed by atoms with E-state index < -0.39 is 0 Å². The van der Waals surface area contributed by atoms with Gasteiger partial charge in [-0.2, -0.15) is 0 Å². The van der Waals surface area contributed by atoms with Crippen molar-refractivity contribution >= 4 is 17.1 Å². The van der Waals surface area contributed by atoms with Gasteiger partial charge in [-0.05, 0) is 61.9 Å². The molecule has 0 aliphatic carbocycles. The first kappa shape index (κ1) is 15.7. The first-order chi connectivity index (χ1) is 11.1. The minimum absolute atomic E-state index is 0.637. The van der Waals surface area contributed by atoms with Gasteiger partial charge in [0.1, 0.15) is 0 Å². The van der Waals surface area contributed by atoms with E-state index in [2.05, 4.69) is 41.1 Å². The third-order valence-corrected chi connectivity index (χ3v) is 4.76. The zero-order valence-electron chi connectivity index (χ0n) is 13.8. The van der Waals surface area contributed by atoms with Crippen LogP contribution in [0.15, 0.2) is 48.5 Å². The smallest absolute Gasteiger partial charge is 0.0367 e. The zero-order valence-corrected chi connectivity index (χ0v) is 13.8. The molecule has 4 nitrogen and oxygen atoms in total. The van der Waals surface area contributed by atoms with Crippen LogP contribution in [0.4, 0.5) is 17.1 Å². The minimum Gasteiger partial charge on any atom is -0.399 e. The van der Waals surface area contributed by atoms with Crippen molar-refractivity contribution in [3.05, 3.63) is 54.1 Å². The molecule has 0 amide bonds. The molecule has 2 aromatic carbocycles. The van der Waals surface area contributed by atoms with Crippen molar-refractivity contribution in [1.82, 2.24) is 4.90 Å². The van der Waals surface area contributed by atoms with Crippen LogP contribution < -0.4 is 16.4 Å². The van der Waals surface area contributed by atoms with Crippen molar-refractivity contribution in [3.63, 3.8) is 0 Å². The summed E-state index contributed by atoms with van der Waals surface area (Å²) in [6.45, 7) is 3.17. The first-order valence-electron chi connectivity index (χ1n) is 8.27. The third-order valence-electron chi connectivity index (χ3n) is 4.76. The largest absolute Gasteiger partial charge is 0.399 e. The molecule has 3 rings (SSSR count). The second kappa shape index (κ2) is 6.92. The van der Waals surface area contributed by atoms with Gasteiger partial charge in [0.25, 0.3) is 0 Å². The summed E-state index contributed by atoms with van der Waals surface area (Å²) in [6.07, 6.45) is 2.38. The van der Waals surface area contributed by atoms with Gasteiger partial charge in [0.15, 0.2) is 0 Å². The lowest BCUT2D eigenvalue weighted by atomic mass is 10.0. The zero-order chi connectivity index (χ0) is 16.2. The molecule has 0 aromatic heterocycles. The highest BCUT2D eigenvalue weighted by atomic mass is 15.2. The molecule has 4 heteroatoms. The summed E-state index contributed by atoms with van der Waals surface area (Å²) in [5, 5.41) is 0. The van der Waals surface area contributed by atoms with Gasteiger partial charge < -0.3 is 16.4 Å². The third kappa shape index (κ3) is 3.96. The lowest BCUT2D eigenvalue weighted by Gasteiger charge is -2.38. The average Bonchev–Trinajstić information content (AvgIpc) is 2.58. The molecule has 1 aliphatic rings. The van der Waals surface area contributed by atoms with Gasteiger partial charge in [0.2, 0.25) is 0 Å². The molecule has 0 radical (unpaired) electrons. The van der Waals surface area contributed by atoms with Crippen molar-refractivity contribution in [1.29, 1.82) is 0 Å². The molecule has 1 heterocycles. The fraction of sp³-hybridized carbons (Fsp3) is 0.368. The van der Waals surface area contributed by atoms with Crippen molar-refractivity contribution in [3.8, 4) is 0 Å². The Morgan fingerprint density at radius 2 is 1.43 bits per heavy atom. The number of benzene rings is 2. The van der Waals surface area contributed by atoms with Crippen LogP contribution in [-0.4, -0.2) is 31.1 Å². The lowest BCUT2D eigenvalue weighted by molar-refractivity contribution is 0.200. The predicted octanol–water partition coefficient (Wildman–Crippen LogP) is 2.95. The lowest BCUT2D eigenvalue weighted by Crippen LogP contribution is -2.43. The Kier molecular flexibility index (Phi) is 4.72. The second-order valence-corrected chi connectivity index (χ2v) is 6.47. The van der Waals surface area contributed by atoms with Crippen molar-refractivity contribution < 1.29 is 0 Å². The summed E-state index contributed by atoms with van der Waals surface area (Å²) >= 11 is 0. The highest BCUT2D eigenvalue weighted by molar-refractivity contribution is 5.53. The molecular formula is C19H26N4. The van der Waals surface area contributed by atoms with Crippen LogP contribution in [0.25, 0.3) is 0 Å². The molecule has 0 spiro atoms. The summed E-state index contributed by atoms with van der Waals surface area (Å²) in [7, 11) is 2.22. The molecular weight excluding hydrogens is 284 g/mol. The maximum atomic E-state index is 5.77. The van der Waals surface area contributed by atoms with Gasteiger partial charge in [0, 0.05) is 42.7 Å². The molecule has 1 saturated heterocycles. The Hall–Kier alpha value is -2.20. The highest BCUT2D eigenvalue weighted by Gasteiger charge is 2.22. The molecule has 4 N–H and O–H groups in total. The Labute approximate surface area is 138 Å². The number of hydrogen-bond donors (Lipinski definition) is 2. The number of nitrogens with zero attached hydrogens (tertiary/aromatic N) is 2. The van der Waals surface area contributed by atoms with Crippen molar-refractivity contribution in [2.24, 2.45) is 0 Å². The van der Waals surface area contributed by atoms with E-state index in [4.69, 9.17) is 11.5 Å². The number of rotatable bonds is 4. The molecule has 122 valence electrons. The Bertz CT molecular complexity index is 613. The van der Waals surface area contributed by atoms with Crippen molar-refractivity contribution in [2.75, 3.05) is 36.5 Å². The highest BCUT2D eigenvalue weighted by Crippen LogP contribution is 2.23. The van der Waals surface area contributed by atoms with E-state index in [9.17, 15) is 0 Å². The minimum atomic E-state index is 0.637. The van der Waals surface area contributed by atoms with Crippen LogP contribution in [-0.2, 0) is 6.54 Å². The molecule has 0 unspecified atom stereocenters. The van der Waals surface area contributed by atoms with E-state index in [1.165, 1.54) is 24.1 Å². The van der Waals surface area contributed by atoms with Gasteiger partial charge in [-0.1, -0.05) is 12.1 Å². The number of anilines is 3. The van der Waals surface area contributed by atoms with Gasteiger partial charge >= 0.3 is 0 Å². The molecule has 0 bridgehead atoms. The van der Waals surface area contributed by atoms with Crippen LogP contribution in [0.5, 0.6) is 0 Å². The maximum Gasteiger partial charge on any atom is 0.0367 e. The summed E-state index contributed by atoms with van der Waals surface area (Å²) in [6, 6.07) is 17.0. The van der Waals surface area contributed by atoms with Gasteiger partial charge in [-0.25, -0.2) is 0 Å². The van der Waals surface area contributed by atoms with E-state index in [0.717, 1.165) is 31.0 Å². The van der Waals surface area contributed by atoms with E-state index in [-0.39, 0.29) is 0 Å². The van der Waals surface area contributed by atoms with Crippen LogP contribution in [0.2, 0.25) is 0 Å². The molecule has 23 heavy (non-hydrogen) atoms. The van der Waals surface area contributed by atoms with Gasteiger partial charge in [-0.15, -0.1) is 0 Å². The fourth-order valence-electron chi connectivity index (χ4n) is 3.29. The molecule has 1 aliphatic heterocycles. The SMILES string of the molecule is CN(Cc1ccc(N)cc1)C1CCN(c2ccc(N)cc2)CC1. The van der Waals surface area contributed by atoms with Crippen LogP contribution >= 0.6 is 0 Å².